The number of nitrogens with one attached hydrogen (secondary N) is 1. The van der Waals surface area contributed by atoms with Gasteiger partial charge in [-0.1, -0.05) is 88.0 Å². The van der Waals surface area contributed by atoms with Crippen molar-refractivity contribution in [3.8, 4) is 5.75 Å². The van der Waals surface area contributed by atoms with Gasteiger partial charge in [-0.25, -0.2) is 4.79 Å². The third-order valence-electron chi connectivity index (χ3n) is 8.03. The summed E-state index contributed by atoms with van der Waals surface area (Å²) in [7, 11) is 1.58. The number of rotatable bonds is 7. The minimum Gasteiger partial charge on any atom is -0.495 e. The minimum absolute atomic E-state index is 0.0213. The van der Waals surface area contributed by atoms with E-state index in [9.17, 15) is 14.7 Å². The van der Waals surface area contributed by atoms with Crippen molar-refractivity contribution in [1.82, 2.24) is 10.2 Å². The molecule has 2 aromatic rings. The number of methoxy groups -OCH3 is 1. The number of nitrogens with zero attached hydrogens (tertiary/aromatic N) is 1. The molecule has 2 aliphatic rings. The Morgan fingerprint density at radius 2 is 1.76 bits per heavy atom. The van der Waals surface area contributed by atoms with Crippen LogP contribution in [0.25, 0.3) is 0 Å². The monoisotopic (exact) mass is 526 g/mol. The first-order valence-corrected chi connectivity index (χ1v) is 13.7. The third-order valence-corrected chi connectivity index (χ3v) is 8.32. The summed E-state index contributed by atoms with van der Waals surface area (Å²) in [5, 5.41) is 14.8. The molecule has 6 nitrogen and oxygen atoms in total. The first-order valence-electron chi connectivity index (χ1n) is 13.3. The van der Waals surface area contributed by atoms with Gasteiger partial charge < -0.3 is 20.1 Å². The molecular weight excluding hydrogens is 488 g/mol. The van der Waals surface area contributed by atoms with Gasteiger partial charge in [0, 0.05) is 24.4 Å². The van der Waals surface area contributed by atoms with E-state index in [1.807, 2.05) is 48.5 Å². The van der Waals surface area contributed by atoms with E-state index < -0.39 is 18.1 Å². The molecule has 0 spiro atoms. The first-order chi connectivity index (χ1) is 17.6. The largest absolute Gasteiger partial charge is 0.495 e. The second-order valence-electron chi connectivity index (χ2n) is 11.5. The van der Waals surface area contributed by atoms with Gasteiger partial charge in [-0.2, -0.15) is 0 Å². The Morgan fingerprint density at radius 1 is 1.08 bits per heavy atom. The molecule has 1 aliphatic carbocycles. The SMILES string of the molecule is COc1ccc(CN[C@H]2[C@H](C(C)(C)C)[C@@H](C(=O)O)N(C(=O)C3CCCCC3)[C@H]2c2ccccc2)cc1Cl. The van der Waals surface area contributed by atoms with E-state index in [4.69, 9.17) is 16.3 Å². The van der Waals surface area contributed by atoms with Crippen LogP contribution in [0.3, 0.4) is 0 Å². The topological polar surface area (TPSA) is 78.9 Å². The lowest BCUT2D eigenvalue weighted by Gasteiger charge is -2.36. The lowest BCUT2D eigenvalue weighted by atomic mass is 9.72. The Morgan fingerprint density at radius 3 is 2.32 bits per heavy atom. The van der Waals surface area contributed by atoms with Crippen LogP contribution in [0.5, 0.6) is 5.75 Å². The molecule has 0 unspecified atom stereocenters. The predicted octanol–water partition coefficient (Wildman–Crippen LogP) is 6.09. The molecule has 0 radical (unpaired) electrons. The Kier molecular flexibility index (Phi) is 8.49. The fourth-order valence-corrected chi connectivity index (χ4v) is 6.62. The maximum Gasteiger partial charge on any atom is 0.326 e. The fourth-order valence-electron chi connectivity index (χ4n) is 6.34. The Hall–Kier alpha value is -2.57. The second-order valence-corrected chi connectivity index (χ2v) is 11.9. The maximum absolute atomic E-state index is 14.1. The Bertz CT molecular complexity index is 1090. The molecule has 4 atom stereocenters. The number of carbonyl (C=O) groups excluding carboxylic acids is 1. The van der Waals surface area contributed by atoms with Gasteiger partial charge in [0.05, 0.1) is 18.2 Å². The molecule has 1 aliphatic heterocycles. The summed E-state index contributed by atoms with van der Waals surface area (Å²) in [6, 6.07) is 14.0. The van der Waals surface area contributed by atoms with Gasteiger partial charge >= 0.3 is 5.97 Å². The van der Waals surface area contributed by atoms with Crippen molar-refractivity contribution in [2.75, 3.05) is 7.11 Å². The smallest absolute Gasteiger partial charge is 0.326 e. The fraction of sp³-hybridized carbons (Fsp3) is 0.533. The van der Waals surface area contributed by atoms with Gasteiger partial charge in [-0.05, 0) is 41.5 Å². The molecule has 4 rings (SSSR count). The van der Waals surface area contributed by atoms with Gasteiger partial charge in [0.2, 0.25) is 5.91 Å². The van der Waals surface area contributed by atoms with E-state index in [1.54, 1.807) is 12.0 Å². The van der Waals surface area contributed by atoms with Crippen LogP contribution in [-0.4, -0.2) is 41.1 Å². The van der Waals surface area contributed by atoms with Crippen molar-refractivity contribution in [2.45, 2.75) is 77.5 Å². The van der Waals surface area contributed by atoms with E-state index in [1.165, 1.54) is 0 Å². The van der Waals surface area contributed by atoms with Crippen LogP contribution in [0, 0.1) is 17.3 Å². The number of hydrogen-bond donors (Lipinski definition) is 2. The van der Waals surface area contributed by atoms with Crippen molar-refractivity contribution in [3.63, 3.8) is 0 Å². The van der Waals surface area contributed by atoms with Gasteiger partial charge in [0.1, 0.15) is 11.8 Å². The highest BCUT2D eigenvalue weighted by Crippen LogP contribution is 2.49. The highest BCUT2D eigenvalue weighted by molar-refractivity contribution is 6.32. The molecule has 7 heteroatoms. The average Bonchev–Trinajstić information content (AvgIpc) is 3.24. The van der Waals surface area contributed by atoms with E-state index in [-0.39, 0.29) is 29.2 Å². The number of hydrogen-bond acceptors (Lipinski definition) is 4. The molecular formula is C30H39ClN2O4. The van der Waals surface area contributed by atoms with Gasteiger partial charge in [-0.3, -0.25) is 4.79 Å². The minimum atomic E-state index is -0.943. The quantitative estimate of drug-likeness (QED) is 0.456. The van der Waals surface area contributed by atoms with Gasteiger partial charge in [0.25, 0.3) is 0 Å². The Balaban J connectivity index is 1.77. The predicted molar refractivity (Wildman–Crippen MR) is 146 cm³/mol. The molecule has 1 saturated heterocycles. The van der Waals surface area contributed by atoms with E-state index in [0.29, 0.717) is 17.3 Å². The van der Waals surface area contributed by atoms with Crippen molar-refractivity contribution in [1.29, 1.82) is 0 Å². The zero-order valence-electron chi connectivity index (χ0n) is 22.2. The van der Waals surface area contributed by atoms with Crippen LogP contribution >= 0.6 is 11.6 Å². The summed E-state index contributed by atoms with van der Waals surface area (Å²) in [6.07, 6.45) is 4.81. The number of ether oxygens (including phenoxy) is 1. The number of aliphatic carboxylic acids is 1. The van der Waals surface area contributed by atoms with E-state index in [2.05, 4.69) is 26.1 Å². The van der Waals surface area contributed by atoms with Gasteiger partial charge in [0.15, 0.2) is 0 Å². The molecule has 2 N–H and O–H groups in total. The standard InChI is InChI=1S/C30H39ClN2O4/c1-30(2,3)24-25(32-18-19-15-16-23(37-4)22(31)17-19)26(20-11-7-5-8-12-20)33(27(24)29(35)36)28(34)21-13-9-6-10-14-21/h5,7-8,11-12,15-17,21,24-27,32H,6,9-10,13-14,18H2,1-4H3,(H,35,36)/t24-,25-,26-,27-/m0/s1. The summed E-state index contributed by atoms with van der Waals surface area (Å²) in [5.41, 5.74) is 1.55. The van der Waals surface area contributed by atoms with Crippen molar-refractivity contribution >= 4 is 23.5 Å². The first kappa shape index (κ1) is 27.5. The summed E-state index contributed by atoms with van der Waals surface area (Å²) in [5.74, 6) is -0.789. The summed E-state index contributed by atoms with van der Waals surface area (Å²) in [4.78, 5) is 28.7. The van der Waals surface area contributed by atoms with Gasteiger partial charge in [-0.15, -0.1) is 0 Å². The third kappa shape index (κ3) is 5.80. The highest BCUT2D eigenvalue weighted by atomic mass is 35.5. The van der Waals surface area contributed by atoms with Crippen molar-refractivity contribution in [3.05, 3.63) is 64.7 Å². The molecule has 2 fully saturated rings. The van der Waals surface area contributed by atoms with Crippen molar-refractivity contribution in [2.24, 2.45) is 17.3 Å². The van der Waals surface area contributed by atoms with E-state index >= 15 is 0 Å². The van der Waals surface area contributed by atoms with Crippen LogP contribution in [0.4, 0.5) is 0 Å². The molecule has 0 bridgehead atoms. The van der Waals surface area contributed by atoms with Crippen LogP contribution < -0.4 is 10.1 Å². The molecule has 1 amide bonds. The lowest BCUT2D eigenvalue weighted by Crippen LogP contribution is -2.49. The zero-order chi connectivity index (χ0) is 26.7. The van der Waals surface area contributed by atoms with Crippen LogP contribution in [0.15, 0.2) is 48.5 Å². The van der Waals surface area contributed by atoms with Crippen LogP contribution in [-0.2, 0) is 16.1 Å². The van der Waals surface area contributed by atoms with E-state index in [0.717, 1.165) is 43.2 Å². The summed E-state index contributed by atoms with van der Waals surface area (Å²) >= 11 is 6.38. The summed E-state index contributed by atoms with van der Waals surface area (Å²) in [6.45, 7) is 6.71. The number of likely N-dealkylation sites (tertiary alicyclic amines) is 1. The highest BCUT2D eigenvalue weighted by Gasteiger charge is 2.58. The molecule has 1 saturated carbocycles. The van der Waals surface area contributed by atoms with Crippen LogP contribution in [0.1, 0.15) is 70.0 Å². The summed E-state index contributed by atoms with van der Waals surface area (Å²) < 4.78 is 5.29. The maximum atomic E-state index is 14.1. The molecule has 0 aromatic heterocycles. The molecule has 200 valence electrons. The number of carboxylic acid groups (broad SMARTS) is 1. The molecule has 2 aromatic carbocycles. The second kappa shape index (κ2) is 11.4. The number of benzene rings is 2. The number of amides is 1. The average molecular weight is 527 g/mol. The van der Waals surface area contributed by atoms with Crippen LogP contribution in [0.2, 0.25) is 5.02 Å². The Labute approximate surface area is 225 Å². The lowest BCUT2D eigenvalue weighted by molar-refractivity contribution is -0.154. The molecule has 1 heterocycles. The number of carbonyl (C=O) groups is 2. The normalized spacial score (nSPS) is 24.7. The number of halogens is 1. The molecule has 37 heavy (non-hydrogen) atoms. The van der Waals surface area contributed by atoms with Crippen molar-refractivity contribution < 1.29 is 19.4 Å². The zero-order valence-corrected chi connectivity index (χ0v) is 23.0. The number of carboxylic acids is 1.